The van der Waals surface area contributed by atoms with Crippen LogP contribution in [0.2, 0.25) is 0 Å². The highest BCUT2D eigenvalue weighted by Crippen LogP contribution is 2.18. The van der Waals surface area contributed by atoms with Crippen molar-refractivity contribution in [3.63, 3.8) is 0 Å². The number of nitrogens with two attached hydrogens (primary N) is 1. The summed E-state index contributed by atoms with van der Waals surface area (Å²) in [6.45, 7) is 0. The highest BCUT2D eigenvalue weighted by molar-refractivity contribution is 8.00. The fourth-order valence-electron chi connectivity index (χ4n) is 1.56. The summed E-state index contributed by atoms with van der Waals surface area (Å²) in [5.41, 5.74) is 7.82. The molecule has 0 unspecified atom stereocenters. The van der Waals surface area contributed by atoms with Gasteiger partial charge in [-0.3, -0.25) is 0 Å². The van der Waals surface area contributed by atoms with E-state index in [-0.39, 0.29) is 0 Å². The number of nitrogens with zero attached hydrogens (tertiary/aromatic N) is 1. The van der Waals surface area contributed by atoms with E-state index in [4.69, 9.17) is 18.0 Å². The van der Waals surface area contributed by atoms with Gasteiger partial charge in [-0.1, -0.05) is 36.4 Å². The van der Waals surface area contributed by atoms with Gasteiger partial charge in [0.25, 0.3) is 0 Å². The molecule has 0 spiro atoms. The molecule has 19 heavy (non-hydrogen) atoms. The van der Waals surface area contributed by atoms with Crippen LogP contribution in [0.5, 0.6) is 0 Å². The van der Waals surface area contributed by atoms with Gasteiger partial charge in [-0.2, -0.15) is 0 Å². The first-order chi connectivity index (χ1) is 9.27. The zero-order valence-corrected chi connectivity index (χ0v) is 12.0. The van der Waals surface area contributed by atoms with Crippen LogP contribution in [0.1, 0.15) is 0 Å². The van der Waals surface area contributed by atoms with E-state index in [0.717, 1.165) is 11.4 Å². The van der Waals surface area contributed by atoms with Crippen LogP contribution in [-0.2, 0) is 0 Å². The highest BCUT2D eigenvalue weighted by Gasteiger charge is 2.08. The molecule has 5 heteroatoms. The lowest BCUT2D eigenvalue weighted by atomic mass is 10.3. The van der Waals surface area contributed by atoms with Crippen LogP contribution in [0.15, 0.2) is 60.7 Å². The quantitative estimate of drug-likeness (QED) is 0.501. The Kier molecular flexibility index (Phi) is 5.06. The lowest BCUT2D eigenvalue weighted by molar-refractivity contribution is 1.23. The molecule has 0 aliphatic rings. The standard InChI is InChI=1S/C14H15N3S2/c15-14(18)17(13-9-5-2-6-10-13)11-19-16-12-7-3-1-4-8-12/h1-10,16H,11H2,(H2,15,18). The smallest absolute Gasteiger partial charge is 0.171 e. The zero-order valence-electron chi connectivity index (χ0n) is 10.3. The number of thiocarbonyl (C=S) groups is 1. The van der Waals surface area contributed by atoms with Crippen molar-refractivity contribution < 1.29 is 0 Å². The summed E-state index contributed by atoms with van der Waals surface area (Å²) in [7, 11) is 0. The molecular weight excluding hydrogens is 274 g/mol. The van der Waals surface area contributed by atoms with Crippen molar-refractivity contribution in [1.82, 2.24) is 0 Å². The Morgan fingerprint density at radius 3 is 2.21 bits per heavy atom. The summed E-state index contributed by atoms with van der Waals surface area (Å²) in [6.07, 6.45) is 0. The molecular formula is C14H15N3S2. The maximum absolute atomic E-state index is 5.76. The van der Waals surface area contributed by atoms with Crippen molar-refractivity contribution in [2.45, 2.75) is 0 Å². The van der Waals surface area contributed by atoms with E-state index in [1.165, 1.54) is 0 Å². The van der Waals surface area contributed by atoms with Crippen LogP contribution in [0.25, 0.3) is 0 Å². The van der Waals surface area contributed by atoms with Gasteiger partial charge >= 0.3 is 0 Å². The van der Waals surface area contributed by atoms with E-state index in [1.54, 1.807) is 11.9 Å². The SMILES string of the molecule is NC(=S)N(CSNc1ccccc1)c1ccccc1. The normalized spacial score (nSPS) is 9.89. The first-order valence-corrected chi connectivity index (χ1v) is 7.21. The largest absolute Gasteiger partial charge is 0.376 e. The monoisotopic (exact) mass is 289 g/mol. The van der Waals surface area contributed by atoms with Crippen LogP contribution in [-0.4, -0.2) is 11.0 Å². The molecule has 3 nitrogen and oxygen atoms in total. The molecule has 98 valence electrons. The van der Waals surface area contributed by atoms with Gasteiger partial charge in [0.1, 0.15) is 0 Å². The third kappa shape index (κ3) is 4.15. The van der Waals surface area contributed by atoms with Gasteiger partial charge < -0.3 is 15.4 Å². The number of anilines is 2. The predicted octanol–water partition coefficient (Wildman–Crippen LogP) is 3.45. The Labute approximate surface area is 122 Å². The van der Waals surface area contributed by atoms with Gasteiger partial charge in [0.05, 0.1) is 5.88 Å². The van der Waals surface area contributed by atoms with Crippen LogP contribution in [0.3, 0.4) is 0 Å². The fraction of sp³-hybridized carbons (Fsp3) is 0.0714. The Hall–Kier alpha value is -1.72. The lowest BCUT2D eigenvalue weighted by Crippen LogP contribution is -2.35. The maximum atomic E-state index is 5.76. The predicted molar refractivity (Wildman–Crippen MR) is 88.2 cm³/mol. The van der Waals surface area contributed by atoms with Crippen molar-refractivity contribution in [2.24, 2.45) is 5.73 Å². The van der Waals surface area contributed by atoms with E-state index in [0.29, 0.717) is 11.0 Å². The van der Waals surface area contributed by atoms with E-state index in [1.807, 2.05) is 65.6 Å². The molecule has 0 heterocycles. The van der Waals surface area contributed by atoms with Gasteiger partial charge in [-0.15, -0.1) is 0 Å². The van der Waals surface area contributed by atoms with Crippen molar-refractivity contribution in [3.8, 4) is 0 Å². The molecule has 0 radical (unpaired) electrons. The molecule has 0 atom stereocenters. The summed E-state index contributed by atoms with van der Waals surface area (Å²) in [6, 6.07) is 19.9. The lowest BCUT2D eigenvalue weighted by Gasteiger charge is -2.22. The van der Waals surface area contributed by atoms with Crippen molar-refractivity contribution in [3.05, 3.63) is 60.7 Å². The van der Waals surface area contributed by atoms with Crippen LogP contribution in [0, 0.1) is 0 Å². The first kappa shape index (κ1) is 13.7. The first-order valence-electron chi connectivity index (χ1n) is 5.82. The van der Waals surface area contributed by atoms with Crippen molar-refractivity contribution in [1.29, 1.82) is 0 Å². The molecule has 0 saturated heterocycles. The fourth-order valence-corrected chi connectivity index (χ4v) is 2.60. The number of rotatable bonds is 5. The number of hydrogen-bond donors (Lipinski definition) is 2. The van der Waals surface area contributed by atoms with E-state index >= 15 is 0 Å². The second-order valence-corrected chi connectivity index (χ2v) is 5.01. The average molecular weight is 289 g/mol. The minimum absolute atomic E-state index is 0.369. The minimum Gasteiger partial charge on any atom is -0.376 e. The third-order valence-electron chi connectivity index (χ3n) is 2.49. The molecule has 0 bridgehead atoms. The van der Waals surface area contributed by atoms with Crippen molar-refractivity contribution in [2.75, 3.05) is 15.5 Å². The molecule has 2 aromatic rings. The summed E-state index contributed by atoms with van der Waals surface area (Å²) < 4.78 is 3.26. The van der Waals surface area contributed by atoms with Crippen LogP contribution < -0.4 is 15.4 Å². The van der Waals surface area contributed by atoms with Crippen LogP contribution >= 0.6 is 24.2 Å². The maximum Gasteiger partial charge on any atom is 0.171 e. The number of nitrogens with one attached hydrogen (secondary N) is 1. The molecule has 0 saturated carbocycles. The third-order valence-corrected chi connectivity index (χ3v) is 3.48. The topological polar surface area (TPSA) is 41.3 Å². The van der Waals surface area contributed by atoms with Crippen molar-refractivity contribution >= 4 is 40.7 Å². The van der Waals surface area contributed by atoms with Gasteiger partial charge in [-0.05, 0) is 48.4 Å². The van der Waals surface area contributed by atoms with Crippen LogP contribution in [0.4, 0.5) is 11.4 Å². The zero-order chi connectivity index (χ0) is 13.5. The molecule has 0 aliphatic carbocycles. The second-order valence-electron chi connectivity index (χ2n) is 3.84. The van der Waals surface area contributed by atoms with E-state index in [9.17, 15) is 0 Å². The van der Waals surface area contributed by atoms with Gasteiger partial charge in [-0.25, -0.2) is 0 Å². The number of hydrogen-bond acceptors (Lipinski definition) is 3. The number of benzene rings is 2. The summed E-state index contributed by atoms with van der Waals surface area (Å²) in [5, 5.41) is 0.369. The van der Waals surface area contributed by atoms with Gasteiger partial charge in [0, 0.05) is 11.4 Å². The van der Waals surface area contributed by atoms with Gasteiger partial charge in [0.15, 0.2) is 5.11 Å². The molecule has 2 aromatic carbocycles. The molecule has 2 rings (SSSR count). The van der Waals surface area contributed by atoms with E-state index < -0.39 is 0 Å². The molecule has 0 fully saturated rings. The molecule has 3 N–H and O–H groups in total. The molecule has 0 amide bonds. The Bertz CT molecular complexity index is 517. The summed E-state index contributed by atoms with van der Waals surface area (Å²) in [5.74, 6) is 0.647. The Morgan fingerprint density at radius 1 is 1.05 bits per heavy atom. The van der Waals surface area contributed by atoms with Gasteiger partial charge in [0.2, 0.25) is 0 Å². The molecule has 0 aliphatic heterocycles. The second kappa shape index (κ2) is 7.01. The Balaban J connectivity index is 1.94. The average Bonchev–Trinajstić information content (AvgIpc) is 2.45. The minimum atomic E-state index is 0.369. The highest BCUT2D eigenvalue weighted by atomic mass is 32.2. The number of para-hydroxylation sites is 2. The summed E-state index contributed by atoms with van der Waals surface area (Å²) >= 11 is 6.64. The molecule has 0 aromatic heterocycles. The Morgan fingerprint density at radius 2 is 1.63 bits per heavy atom. The van der Waals surface area contributed by atoms with E-state index in [2.05, 4.69) is 4.72 Å². The summed E-state index contributed by atoms with van der Waals surface area (Å²) in [4.78, 5) is 1.88.